The molecule has 1 aromatic heterocycles. The van der Waals surface area contributed by atoms with E-state index < -0.39 is 10.2 Å². The second kappa shape index (κ2) is 3.29. The van der Waals surface area contributed by atoms with Crippen molar-refractivity contribution in [3.05, 3.63) is 28.7 Å². The van der Waals surface area contributed by atoms with Crippen molar-refractivity contribution in [2.75, 3.05) is 0 Å². The molecule has 2 rings (SSSR count). The minimum atomic E-state index is -4.58. The summed E-state index contributed by atoms with van der Waals surface area (Å²) in [5.41, 5.74) is 0. The molecule has 0 spiro atoms. The molecule has 0 saturated carbocycles. The van der Waals surface area contributed by atoms with Crippen molar-refractivity contribution in [1.29, 1.82) is 0 Å². The van der Waals surface area contributed by atoms with Gasteiger partial charge in [-0.15, -0.1) is 11.3 Å². The Hall–Kier alpha value is -0.460. The van der Waals surface area contributed by atoms with E-state index >= 15 is 0 Å². The Kier molecular flexibility index (Phi) is 2.36. The summed E-state index contributed by atoms with van der Waals surface area (Å²) < 4.78 is 35.2. The predicted octanol–water partition coefficient (Wildman–Crippen LogP) is 3.32. The zero-order valence-corrected chi connectivity index (χ0v) is 9.92. The fraction of sp³-hybridized carbons (Fsp3) is 0. The Labute approximate surface area is 92.7 Å². The number of benzene rings is 1. The van der Waals surface area contributed by atoms with Gasteiger partial charge in [0.1, 0.15) is 0 Å². The molecule has 0 amide bonds. The van der Waals surface area contributed by atoms with Crippen molar-refractivity contribution in [3.63, 3.8) is 0 Å². The van der Waals surface area contributed by atoms with Crippen LogP contribution in [0.25, 0.3) is 10.1 Å². The van der Waals surface area contributed by atoms with Crippen molar-refractivity contribution in [2.24, 2.45) is 0 Å². The molecule has 0 saturated heterocycles. The van der Waals surface area contributed by atoms with Gasteiger partial charge in [0.05, 0.1) is 0 Å². The highest BCUT2D eigenvalue weighted by atomic mass is 79.9. The first-order chi connectivity index (χ1) is 6.48. The molecule has 0 bridgehead atoms. The lowest BCUT2D eigenvalue weighted by Gasteiger charge is -1.89. The molecule has 0 aliphatic carbocycles. The van der Waals surface area contributed by atoms with Gasteiger partial charge in [-0.05, 0) is 18.2 Å². The third-order valence-corrected chi connectivity index (χ3v) is 4.76. The van der Waals surface area contributed by atoms with Crippen LogP contribution in [0.4, 0.5) is 3.89 Å². The van der Waals surface area contributed by atoms with Crippen LogP contribution in [-0.2, 0) is 10.2 Å². The first-order valence-electron chi connectivity index (χ1n) is 3.61. The lowest BCUT2D eigenvalue weighted by Crippen LogP contribution is -1.85. The van der Waals surface area contributed by atoms with Crippen molar-refractivity contribution in [3.8, 4) is 0 Å². The van der Waals surface area contributed by atoms with Crippen LogP contribution >= 0.6 is 27.3 Å². The van der Waals surface area contributed by atoms with Crippen LogP contribution in [0.5, 0.6) is 0 Å². The SMILES string of the molecule is O=S(=O)(F)c1cc2c(Br)cccc2s1. The number of hydrogen-bond donors (Lipinski definition) is 0. The third-order valence-electron chi connectivity index (χ3n) is 1.73. The maximum Gasteiger partial charge on any atom is 0.341 e. The van der Waals surface area contributed by atoms with E-state index in [2.05, 4.69) is 15.9 Å². The van der Waals surface area contributed by atoms with Gasteiger partial charge in [-0.1, -0.05) is 25.9 Å². The summed E-state index contributed by atoms with van der Waals surface area (Å²) in [6, 6.07) is 6.64. The van der Waals surface area contributed by atoms with Crippen molar-refractivity contribution < 1.29 is 12.3 Å². The topological polar surface area (TPSA) is 34.1 Å². The maximum atomic E-state index is 12.7. The number of hydrogen-bond acceptors (Lipinski definition) is 3. The quantitative estimate of drug-likeness (QED) is 0.756. The molecule has 6 heteroatoms. The number of halogens is 2. The lowest BCUT2D eigenvalue weighted by molar-refractivity contribution is 0.554. The molecule has 0 aliphatic rings. The van der Waals surface area contributed by atoms with Gasteiger partial charge in [-0.2, -0.15) is 8.42 Å². The van der Waals surface area contributed by atoms with Gasteiger partial charge in [-0.3, -0.25) is 0 Å². The fourth-order valence-corrected chi connectivity index (χ4v) is 3.48. The number of fused-ring (bicyclic) bond motifs is 1. The van der Waals surface area contributed by atoms with E-state index in [1.54, 1.807) is 18.2 Å². The largest absolute Gasteiger partial charge is 0.341 e. The maximum absolute atomic E-state index is 12.7. The second-order valence-corrected chi connectivity index (χ2v) is 6.17. The minimum Gasteiger partial charge on any atom is -0.188 e. The molecule has 0 atom stereocenters. The van der Waals surface area contributed by atoms with Gasteiger partial charge in [0.25, 0.3) is 0 Å². The average Bonchev–Trinajstić information content (AvgIpc) is 2.48. The first-order valence-corrected chi connectivity index (χ1v) is 6.60. The van der Waals surface area contributed by atoms with E-state index in [1.807, 2.05) is 0 Å². The van der Waals surface area contributed by atoms with E-state index in [0.717, 1.165) is 20.5 Å². The number of rotatable bonds is 1. The van der Waals surface area contributed by atoms with Gasteiger partial charge >= 0.3 is 10.2 Å². The molecule has 0 N–H and O–H groups in total. The highest BCUT2D eigenvalue weighted by Crippen LogP contribution is 2.34. The summed E-state index contributed by atoms with van der Waals surface area (Å²) in [6.45, 7) is 0. The van der Waals surface area contributed by atoms with E-state index in [4.69, 9.17) is 0 Å². The van der Waals surface area contributed by atoms with Crippen LogP contribution in [0.2, 0.25) is 0 Å². The average molecular weight is 295 g/mol. The summed E-state index contributed by atoms with van der Waals surface area (Å²) in [5, 5.41) is 0.716. The van der Waals surface area contributed by atoms with Crippen LogP contribution in [0, 0.1) is 0 Å². The Bertz CT molecular complexity index is 588. The van der Waals surface area contributed by atoms with Gasteiger partial charge in [-0.25, -0.2) is 0 Å². The predicted molar refractivity (Wildman–Crippen MR) is 57.8 cm³/mol. The van der Waals surface area contributed by atoms with Crippen LogP contribution in [0.1, 0.15) is 0 Å². The van der Waals surface area contributed by atoms with E-state index in [-0.39, 0.29) is 4.21 Å². The minimum absolute atomic E-state index is 0.251. The van der Waals surface area contributed by atoms with Crippen molar-refractivity contribution in [2.45, 2.75) is 4.21 Å². The highest BCUT2D eigenvalue weighted by molar-refractivity contribution is 9.10. The molecule has 0 fully saturated rings. The highest BCUT2D eigenvalue weighted by Gasteiger charge is 2.16. The van der Waals surface area contributed by atoms with Crippen LogP contribution in [0.15, 0.2) is 32.9 Å². The fourth-order valence-electron chi connectivity index (χ4n) is 1.12. The van der Waals surface area contributed by atoms with E-state index in [1.165, 1.54) is 6.07 Å². The summed E-state index contributed by atoms with van der Waals surface area (Å²) >= 11 is 4.19. The monoisotopic (exact) mass is 294 g/mol. The van der Waals surface area contributed by atoms with E-state index in [0.29, 0.717) is 5.39 Å². The number of thiophene rings is 1. The van der Waals surface area contributed by atoms with Gasteiger partial charge < -0.3 is 0 Å². The molecule has 0 unspecified atom stereocenters. The van der Waals surface area contributed by atoms with Crippen LogP contribution in [-0.4, -0.2) is 8.42 Å². The molecular weight excluding hydrogens is 291 g/mol. The molecule has 0 aliphatic heterocycles. The summed E-state index contributed by atoms with van der Waals surface area (Å²) in [5.74, 6) is 0. The van der Waals surface area contributed by atoms with Crippen LogP contribution < -0.4 is 0 Å². The Morgan fingerprint density at radius 1 is 1.36 bits per heavy atom. The van der Waals surface area contributed by atoms with Crippen molar-refractivity contribution in [1.82, 2.24) is 0 Å². The second-order valence-electron chi connectivity index (χ2n) is 2.65. The third kappa shape index (κ3) is 1.69. The van der Waals surface area contributed by atoms with Crippen LogP contribution in [0.3, 0.4) is 0 Å². The molecule has 1 heterocycles. The Morgan fingerprint density at radius 2 is 2.07 bits per heavy atom. The normalized spacial score (nSPS) is 12.1. The molecular formula is C8H4BrFO2S2. The van der Waals surface area contributed by atoms with Gasteiger partial charge in [0.15, 0.2) is 4.21 Å². The molecule has 74 valence electrons. The van der Waals surface area contributed by atoms with Gasteiger partial charge in [0.2, 0.25) is 0 Å². The molecule has 0 radical (unpaired) electrons. The smallest absolute Gasteiger partial charge is 0.188 e. The molecule has 1 aromatic carbocycles. The summed E-state index contributed by atoms with van der Waals surface area (Å²) in [7, 11) is -4.58. The standard InChI is InChI=1S/C8H4BrFO2S2/c9-6-2-1-3-7-5(6)4-8(13-7)14(10,11)12/h1-4H. The van der Waals surface area contributed by atoms with Gasteiger partial charge in [0, 0.05) is 14.6 Å². The molecule has 14 heavy (non-hydrogen) atoms. The first kappa shape index (κ1) is 10.1. The summed E-state index contributed by atoms with van der Waals surface area (Å²) in [6.07, 6.45) is 0. The Balaban J connectivity index is 2.81. The Morgan fingerprint density at radius 3 is 2.64 bits per heavy atom. The molecule has 2 nitrogen and oxygen atoms in total. The summed E-state index contributed by atoms with van der Waals surface area (Å²) in [4.78, 5) is 0. The van der Waals surface area contributed by atoms with Crippen molar-refractivity contribution >= 4 is 47.6 Å². The lowest BCUT2D eigenvalue weighted by atomic mass is 10.3. The zero-order valence-electron chi connectivity index (χ0n) is 6.70. The molecule has 2 aromatic rings. The van der Waals surface area contributed by atoms with E-state index in [9.17, 15) is 12.3 Å². The zero-order chi connectivity index (χ0) is 10.3.